The van der Waals surface area contributed by atoms with Crippen molar-refractivity contribution in [3.05, 3.63) is 24.0 Å². The van der Waals surface area contributed by atoms with E-state index in [1.165, 1.54) is 0 Å². The third-order valence-corrected chi connectivity index (χ3v) is 1.95. The van der Waals surface area contributed by atoms with E-state index in [4.69, 9.17) is 15.3 Å². The number of rotatable bonds is 8. The van der Waals surface area contributed by atoms with Crippen molar-refractivity contribution in [1.29, 1.82) is 0 Å². The smallest absolute Gasteiger partial charge is 0.0889 e. The van der Waals surface area contributed by atoms with Gasteiger partial charge >= 0.3 is 0 Å². The van der Waals surface area contributed by atoms with Crippen molar-refractivity contribution in [1.82, 2.24) is 4.98 Å². The molecule has 0 aliphatic rings. The fourth-order valence-corrected chi connectivity index (χ4v) is 1.19. The quantitative estimate of drug-likeness (QED) is 0.396. The SMILES string of the molecule is CCCOCCOCc1cc(NN)ccn1. The standard InChI is InChI=1S/C11H19N3O2/c1-2-5-15-6-7-16-9-11-8-10(14-12)3-4-13-11/h3-4,8H,2,5-7,9,12H2,1H3,(H,13,14). The third-order valence-electron chi connectivity index (χ3n) is 1.95. The zero-order valence-electron chi connectivity index (χ0n) is 9.61. The monoisotopic (exact) mass is 225 g/mol. The van der Waals surface area contributed by atoms with Crippen LogP contribution in [0.25, 0.3) is 0 Å². The number of hydrogen-bond acceptors (Lipinski definition) is 5. The van der Waals surface area contributed by atoms with Gasteiger partial charge in [-0.15, -0.1) is 0 Å². The molecule has 5 heteroatoms. The molecule has 0 aliphatic heterocycles. The van der Waals surface area contributed by atoms with Gasteiger partial charge in [-0.3, -0.25) is 10.8 Å². The molecule has 0 fully saturated rings. The van der Waals surface area contributed by atoms with E-state index in [1.54, 1.807) is 12.3 Å². The maximum absolute atomic E-state index is 5.41. The van der Waals surface area contributed by atoms with Gasteiger partial charge in [-0.25, -0.2) is 0 Å². The highest BCUT2D eigenvalue weighted by atomic mass is 16.5. The van der Waals surface area contributed by atoms with Crippen LogP contribution in [0.15, 0.2) is 18.3 Å². The molecular weight excluding hydrogens is 206 g/mol. The molecule has 90 valence electrons. The number of aromatic nitrogens is 1. The lowest BCUT2D eigenvalue weighted by Crippen LogP contribution is -2.08. The van der Waals surface area contributed by atoms with E-state index in [1.807, 2.05) is 6.07 Å². The molecule has 1 aromatic rings. The first-order valence-electron chi connectivity index (χ1n) is 5.44. The van der Waals surface area contributed by atoms with Crippen LogP contribution in [0, 0.1) is 0 Å². The summed E-state index contributed by atoms with van der Waals surface area (Å²) in [5.41, 5.74) is 4.25. The highest BCUT2D eigenvalue weighted by molar-refractivity contribution is 5.41. The molecule has 1 rings (SSSR count). The minimum atomic E-state index is 0.477. The van der Waals surface area contributed by atoms with Crippen molar-refractivity contribution in [2.75, 3.05) is 25.2 Å². The summed E-state index contributed by atoms with van der Waals surface area (Å²) in [4.78, 5) is 4.16. The highest BCUT2D eigenvalue weighted by Gasteiger charge is 1.96. The van der Waals surface area contributed by atoms with Crippen LogP contribution in [-0.4, -0.2) is 24.8 Å². The topological polar surface area (TPSA) is 69.4 Å². The summed E-state index contributed by atoms with van der Waals surface area (Å²) in [7, 11) is 0. The maximum Gasteiger partial charge on any atom is 0.0889 e. The molecule has 0 spiro atoms. The van der Waals surface area contributed by atoms with E-state index in [9.17, 15) is 0 Å². The molecule has 0 bridgehead atoms. The van der Waals surface area contributed by atoms with E-state index in [0.29, 0.717) is 19.8 Å². The Morgan fingerprint density at radius 1 is 1.31 bits per heavy atom. The molecule has 5 nitrogen and oxygen atoms in total. The van der Waals surface area contributed by atoms with Crippen molar-refractivity contribution >= 4 is 5.69 Å². The first-order chi connectivity index (χ1) is 7.86. The summed E-state index contributed by atoms with van der Waals surface area (Å²) in [6.07, 6.45) is 2.73. The Balaban J connectivity index is 2.16. The van der Waals surface area contributed by atoms with E-state index < -0.39 is 0 Å². The fraction of sp³-hybridized carbons (Fsp3) is 0.545. The molecule has 0 radical (unpaired) electrons. The molecule has 0 atom stereocenters. The number of anilines is 1. The second kappa shape index (κ2) is 8.04. The Bertz CT molecular complexity index is 294. The third kappa shape index (κ3) is 5.06. The molecule has 16 heavy (non-hydrogen) atoms. The summed E-state index contributed by atoms with van der Waals surface area (Å²) in [6.45, 7) is 4.56. The van der Waals surface area contributed by atoms with Crippen LogP contribution in [-0.2, 0) is 16.1 Å². The number of ether oxygens (including phenoxy) is 2. The van der Waals surface area contributed by atoms with Crippen LogP contribution in [0.4, 0.5) is 5.69 Å². The molecule has 0 saturated heterocycles. The first kappa shape index (κ1) is 12.9. The van der Waals surface area contributed by atoms with E-state index in [-0.39, 0.29) is 0 Å². The molecule has 3 N–H and O–H groups in total. The Labute approximate surface area is 95.9 Å². The van der Waals surface area contributed by atoms with Crippen molar-refractivity contribution in [2.45, 2.75) is 20.0 Å². The second-order valence-electron chi connectivity index (χ2n) is 3.35. The Morgan fingerprint density at radius 2 is 2.12 bits per heavy atom. The number of nitrogens with zero attached hydrogens (tertiary/aromatic N) is 1. The summed E-state index contributed by atoms with van der Waals surface area (Å²) in [6, 6.07) is 3.65. The summed E-state index contributed by atoms with van der Waals surface area (Å²) < 4.78 is 10.7. The molecule has 1 aromatic heterocycles. The van der Waals surface area contributed by atoms with E-state index in [0.717, 1.165) is 24.4 Å². The van der Waals surface area contributed by atoms with Crippen LogP contribution >= 0.6 is 0 Å². The zero-order chi connectivity index (χ0) is 11.6. The molecule has 0 aliphatic carbocycles. The van der Waals surface area contributed by atoms with Gasteiger partial charge in [-0.1, -0.05) is 6.92 Å². The molecule has 0 unspecified atom stereocenters. The zero-order valence-corrected chi connectivity index (χ0v) is 9.61. The van der Waals surface area contributed by atoms with Crippen molar-refractivity contribution in [2.24, 2.45) is 5.84 Å². The van der Waals surface area contributed by atoms with Gasteiger partial charge in [0.15, 0.2) is 0 Å². The van der Waals surface area contributed by atoms with Gasteiger partial charge in [0.25, 0.3) is 0 Å². The lowest BCUT2D eigenvalue weighted by atomic mass is 10.3. The Kier molecular flexibility index (Phi) is 6.48. The van der Waals surface area contributed by atoms with Gasteiger partial charge in [-0.05, 0) is 18.6 Å². The van der Waals surface area contributed by atoms with Crippen molar-refractivity contribution in [3.8, 4) is 0 Å². The van der Waals surface area contributed by atoms with Gasteiger partial charge in [0.05, 0.1) is 31.2 Å². The number of pyridine rings is 1. The predicted octanol–water partition coefficient (Wildman–Crippen LogP) is 1.31. The van der Waals surface area contributed by atoms with Crippen LogP contribution < -0.4 is 11.3 Å². The van der Waals surface area contributed by atoms with E-state index >= 15 is 0 Å². The van der Waals surface area contributed by atoms with Crippen molar-refractivity contribution in [3.63, 3.8) is 0 Å². The fourth-order valence-electron chi connectivity index (χ4n) is 1.19. The van der Waals surface area contributed by atoms with Crippen LogP contribution in [0.1, 0.15) is 19.0 Å². The van der Waals surface area contributed by atoms with Crippen LogP contribution in [0.3, 0.4) is 0 Å². The normalized spacial score (nSPS) is 10.4. The molecule has 1 heterocycles. The Hall–Kier alpha value is -1.17. The molecule has 0 saturated carbocycles. The summed E-state index contributed by atoms with van der Waals surface area (Å²) in [5, 5.41) is 0. The van der Waals surface area contributed by atoms with E-state index in [2.05, 4.69) is 17.3 Å². The lowest BCUT2D eigenvalue weighted by Gasteiger charge is -2.06. The van der Waals surface area contributed by atoms with Gasteiger partial charge in [0, 0.05) is 12.8 Å². The number of nitrogens with one attached hydrogen (secondary N) is 1. The number of nitrogens with two attached hydrogens (primary N) is 1. The Morgan fingerprint density at radius 3 is 2.88 bits per heavy atom. The maximum atomic E-state index is 5.41. The number of hydrazine groups is 1. The average Bonchev–Trinajstić information content (AvgIpc) is 2.34. The predicted molar refractivity (Wildman–Crippen MR) is 62.8 cm³/mol. The molecule has 0 amide bonds. The van der Waals surface area contributed by atoms with Crippen LogP contribution in [0.5, 0.6) is 0 Å². The summed E-state index contributed by atoms with van der Waals surface area (Å²) >= 11 is 0. The molecule has 0 aromatic carbocycles. The van der Waals surface area contributed by atoms with Gasteiger partial charge < -0.3 is 14.9 Å². The first-order valence-corrected chi connectivity index (χ1v) is 5.44. The number of hydrogen-bond donors (Lipinski definition) is 2. The molecular formula is C11H19N3O2. The van der Waals surface area contributed by atoms with Crippen molar-refractivity contribution < 1.29 is 9.47 Å². The lowest BCUT2D eigenvalue weighted by molar-refractivity contribution is 0.0397. The van der Waals surface area contributed by atoms with Gasteiger partial charge in [0.2, 0.25) is 0 Å². The van der Waals surface area contributed by atoms with Crippen LogP contribution in [0.2, 0.25) is 0 Å². The van der Waals surface area contributed by atoms with Gasteiger partial charge in [0.1, 0.15) is 0 Å². The second-order valence-corrected chi connectivity index (χ2v) is 3.35. The number of nitrogen functional groups attached to an aromatic ring is 1. The summed E-state index contributed by atoms with van der Waals surface area (Å²) in [5.74, 6) is 5.29. The van der Waals surface area contributed by atoms with Gasteiger partial charge in [-0.2, -0.15) is 0 Å². The minimum absolute atomic E-state index is 0.477. The average molecular weight is 225 g/mol. The highest BCUT2D eigenvalue weighted by Crippen LogP contribution is 2.06. The minimum Gasteiger partial charge on any atom is -0.379 e. The largest absolute Gasteiger partial charge is 0.379 e.